The van der Waals surface area contributed by atoms with Crippen LogP contribution in [0.1, 0.15) is 33.3 Å². The molecule has 34 heavy (non-hydrogen) atoms. The Bertz CT molecular complexity index is 1050. The first-order valence-corrected chi connectivity index (χ1v) is 16.2. The molecule has 1 unspecified atom stereocenters. The molecular formula is C25H38N2O5SSi. The van der Waals surface area contributed by atoms with Gasteiger partial charge in [-0.25, -0.2) is 13.2 Å². The number of carbonyl (C=O) groups excluding carboxylic acids is 1. The molecule has 0 saturated carbocycles. The van der Waals surface area contributed by atoms with Gasteiger partial charge >= 0.3 is 6.09 Å². The summed E-state index contributed by atoms with van der Waals surface area (Å²) in [6, 6.07) is 6.18. The summed E-state index contributed by atoms with van der Waals surface area (Å²) in [4.78, 5) is 14.3. The van der Waals surface area contributed by atoms with Gasteiger partial charge in [0, 0.05) is 18.6 Å². The second-order valence-electron chi connectivity index (χ2n) is 9.68. The Morgan fingerprint density at radius 3 is 2.09 bits per heavy atom. The summed E-state index contributed by atoms with van der Waals surface area (Å²) in [6.07, 6.45) is -2.13. The van der Waals surface area contributed by atoms with Crippen molar-refractivity contribution in [1.29, 1.82) is 0 Å². The Morgan fingerprint density at radius 1 is 1.12 bits per heavy atom. The number of ether oxygens (including phenoxy) is 1. The van der Waals surface area contributed by atoms with Crippen LogP contribution in [0.4, 0.5) is 4.79 Å². The summed E-state index contributed by atoms with van der Waals surface area (Å²) in [5.41, 5.74) is 6.52. The first-order chi connectivity index (χ1) is 15.6. The smallest absolute Gasteiger partial charge is 0.403 e. The van der Waals surface area contributed by atoms with Crippen molar-refractivity contribution in [1.82, 2.24) is 9.21 Å². The van der Waals surface area contributed by atoms with Crippen LogP contribution in [0.2, 0.25) is 19.6 Å². The third-order valence-corrected chi connectivity index (χ3v) is 7.50. The third-order valence-electron chi connectivity index (χ3n) is 4.75. The molecule has 0 aliphatic carbocycles. The summed E-state index contributed by atoms with van der Waals surface area (Å²) in [7, 11) is -5.71. The molecule has 1 N–H and O–H groups in total. The molecule has 0 spiro atoms. The van der Waals surface area contributed by atoms with Gasteiger partial charge < -0.3 is 14.7 Å². The predicted octanol–water partition coefficient (Wildman–Crippen LogP) is 4.15. The molecule has 0 fully saturated rings. The van der Waals surface area contributed by atoms with E-state index >= 15 is 0 Å². The van der Waals surface area contributed by atoms with Crippen molar-refractivity contribution in [2.75, 3.05) is 13.1 Å². The Kier molecular flexibility index (Phi) is 10.8. The quantitative estimate of drug-likeness (QED) is 0.235. The van der Waals surface area contributed by atoms with E-state index < -0.39 is 30.3 Å². The van der Waals surface area contributed by atoms with Gasteiger partial charge in [-0.05, 0) is 46.8 Å². The Labute approximate surface area is 206 Å². The minimum atomic E-state index is -3.97. The number of hydrogen-bond acceptors (Lipinski definition) is 5. The Hall–Kier alpha value is -2.34. The molecule has 1 atom stereocenters. The number of benzene rings is 1. The summed E-state index contributed by atoms with van der Waals surface area (Å²) in [6.45, 7) is 18.5. The molecule has 0 saturated heterocycles. The highest BCUT2D eigenvalue weighted by Crippen LogP contribution is 2.19. The topological polar surface area (TPSA) is 87.2 Å². The van der Waals surface area contributed by atoms with E-state index in [2.05, 4.69) is 43.4 Å². The monoisotopic (exact) mass is 506 g/mol. The van der Waals surface area contributed by atoms with Gasteiger partial charge in [0.05, 0.1) is 11.4 Å². The lowest BCUT2D eigenvalue weighted by molar-refractivity contribution is 0.0700. The zero-order chi connectivity index (χ0) is 26.3. The summed E-state index contributed by atoms with van der Waals surface area (Å²) >= 11 is 0. The molecule has 0 heterocycles. The van der Waals surface area contributed by atoms with Gasteiger partial charge in [-0.15, -0.1) is 5.54 Å². The normalized spacial score (nSPS) is 12.7. The van der Waals surface area contributed by atoms with Crippen LogP contribution in [0.15, 0.2) is 47.2 Å². The second-order valence-corrected chi connectivity index (χ2v) is 16.4. The van der Waals surface area contributed by atoms with Crippen LogP contribution < -0.4 is 0 Å². The van der Waals surface area contributed by atoms with Crippen LogP contribution in [-0.4, -0.2) is 68.2 Å². The number of sulfonamides is 1. The molecular weight excluding hydrogens is 468 g/mol. The number of rotatable bonds is 9. The Balaban J connectivity index is 3.24. The lowest BCUT2D eigenvalue weighted by atomic mass is 10.2. The minimum absolute atomic E-state index is 0.0898. The molecule has 0 radical (unpaired) electrons. The predicted molar refractivity (Wildman–Crippen MR) is 138 cm³/mol. The third kappa shape index (κ3) is 8.78. The van der Waals surface area contributed by atoms with E-state index in [-0.39, 0.29) is 35.8 Å². The highest BCUT2D eigenvalue weighted by atomic mass is 32.2. The molecule has 1 aromatic carbocycles. The van der Waals surface area contributed by atoms with Gasteiger partial charge in [0.15, 0.2) is 5.76 Å². The van der Waals surface area contributed by atoms with E-state index in [0.29, 0.717) is 0 Å². The number of aliphatic hydroxyl groups is 1. The molecule has 1 rings (SSSR count). The fourth-order valence-corrected chi connectivity index (χ4v) is 5.12. The van der Waals surface area contributed by atoms with Gasteiger partial charge in [0.1, 0.15) is 14.2 Å². The van der Waals surface area contributed by atoms with Crippen molar-refractivity contribution < 1.29 is 23.1 Å². The van der Waals surface area contributed by atoms with Gasteiger partial charge in [0.2, 0.25) is 10.0 Å². The van der Waals surface area contributed by atoms with Crippen molar-refractivity contribution in [3.8, 4) is 11.5 Å². The first-order valence-electron chi connectivity index (χ1n) is 11.2. The van der Waals surface area contributed by atoms with E-state index in [0.717, 1.165) is 9.87 Å². The fraction of sp³-hybridized carbons (Fsp3) is 0.520. The van der Waals surface area contributed by atoms with E-state index in [4.69, 9.17) is 4.74 Å². The highest BCUT2D eigenvalue weighted by Gasteiger charge is 2.30. The Morgan fingerprint density at radius 2 is 1.65 bits per heavy atom. The van der Waals surface area contributed by atoms with Gasteiger partial charge in [0.25, 0.3) is 0 Å². The maximum Gasteiger partial charge on any atom is 0.416 e. The fourth-order valence-electron chi connectivity index (χ4n) is 3.16. The highest BCUT2D eigenvalue weighted by molar-refractivity contribution is 7.89. The second kappa shape index (κ2) is 12.4. The lowest BCUT2D eigenvalue weighted by Crippen LogP contribution is -2.44. The maximum absolute atomic E-state index is 13.4. The molecule has 1 amide bonds. The van der Waals surface area contributed by atoms with Gasteiger partial charge in [-0.3, -0.25) is 0 Å². The average molecular weight is 507 g/mol. The summed E-state index contributed by atoms with van der Waals surface area (Å²) < 4.78 is 33.2. The van der Waals surface area contributed by atoms with Crippen LogP contribution in [0, 0.1) is 18.4 Å². The number of carbonyl (C=O) groups is 1. The number of hydrogen-bond donors (Lipinski definition) is 1. The number of aliphatic hydroxyl groups excluding tert-OH is 1. The largest absolute Gasteiger partial charge is 0.416 e. The maximum atomic E-state index is 13.4. The average Bonchev–Trinajstić information content (AvgIpc) is 2.69. The van der Waals surface area contributed by atoms with Crippen LogP contribution in [-0.2, 0) is 14.8 Å². The van der Waals surface area contributed by atoms with Crippen molar-refractivity contribution in [3.63, 3.8) is 0 Å². The molecule has 0 aromatic heterocycles. The zero-order valence-electron chi connectivity index (χ0n) is 21.5. The molecule has 9 heteroatoms. The molecule has 0 bridgehead atoms. The molecule has 0 aliphatic heterocycles. The van der Waals surface area contributed by atoms with Crippen LogP contribution in [0.5, 0.6) is 0 Å². The molecule has 1 aromatic rings. The molecule has 7 nitrogen and oxygen atoms in total. The van der Waals surface area contributed by atoms with E-state index in [1.165, 1.54) is 17.0 Å². The molecule has 0 aliphatic rings. The van der Waals surface area contributed by atoms with Gasteiger partial charge in [-0.1, -0.05) is 55.6 Å². The van der Waals surface area contributed by atoms with E-state index in [1.807, 2.05) is 34.6 Å². The van der Waals surface area contributed by atoms with Crippen LogP contribution in [0.3, 0.4) is 0 Å². The zero-order valence-corrected chi connectivity index (χ0v) is 23.4. The lowest BCUT2D eigenvalue weighted by Gasteiger charge is -2.30. The molecule has 188 valence electrons. The number of nitrogens with zero attached hydrogens (tertiary/aromatic N) is 2. The standard InChI is InChI=1S/C25H38N2O5SSi/c1-10-24(32-25(29)27(19(2)3)20(4)5)23(28)18-26(16-11-17-34(7,8)9)33(30,31)22-14-12-21(6)13-15-22/h12-15,19-20,23,28H,1,16,18H2,2-9H3. The number of aryl methyl sites for hydroxylation is 1. The van der Waals surface area contributed by atoms with E-state index in [1.54, 1.807) is 12.1 Å². The summed E-state index contributed by atoms with van der Waals surface area (Å²) in [5.74, 6) is 2.71. The number of amides is 1. The van der Waals surface area contributed by atoms with Crippen molar-refractivity contribution in [2.45, 2.75) is 77.3 Å². The SMILES string of the molecule is C=C=C(OC(=O)N(C(C)C)C(C)C)C(O)CN(CC#C[Si](C)(C)C)S(=O)(=O)c1ccc(C)cc1. The van der Waals surface area contributed by atoms with E-state index in [9.17, 15) is 18.3 Å². The first kappa shape index (κ1) is 29.7. The van der Waals surface area contributed by atoms with Gasteiger partial charge in [-0.2, -0.15) is 4.31 Å². The van der Waals surface area contributed by atoms with Crippen LogP contribution in [0.25, 0.3) is 0 Å². The minimum Gasteiger partial charge on any atom is -0.403 e. The van der Waals surface area contributed by atoms with Crippen molar-refractivity contribution in [2.24, 2.45) is 0 Å². The van der Waals surface area contributed by atoms with Crippen molar-refractivity contribution >= 4 is 24.2 Å². The summed E-state index contributed by atoms with van der Waals surface area (Å²) in [5, 5.41) is 10.8. The van der Waals surface area contributed by atoms with Crippen molar-refractivity contribution in [3.05, 3.63) is 47.9 Å². The van der Waals surface area contributed by atoms with Crippen LogP contribution >= 0.6 is 0 Å².